The second-order valence-corrected chi connectivity index (χ2v) is 8.94. The second kappa shape index (κ2) is 9.31. The first-order valence-corrected chi connectivity index (χ1v) is 11.2. The molecule has 9 heteroatoms. The zero-order valence-corrected chi connectivity index (χ0v) is 17.5. The van der Waals surface area contributed by atoms with E-state index in [2.05, 4.69) is 35.9 Å². The van der Waals surface area contributed by atoms with Gasteiger partial charge in [-0.05, 0) is 36.8 Å². The van der Waals surface area contributed by atoms with E-state index in [9.17, 15) is 13.2 Å². The quantitative estimate of drug-likeness (QED) is 0.423. The molecule has 148 valence electrons. The molecule has 1 amide bonds. The van der Waals surface area contributed by atoms with Crippen LogP contribution >= 0.6 is 15.9 Å². The lowest BCUT2D eigenvalue weighted by Crippen LogP contribution is -2.31. The minimum Gasteiger partial charge on any atom is -0.356 e. The summed E-state index contributed by atoms with van der Waals surface area (Å²) < 4.78 is 27.5. The number of sulfonamides is 1. The van der Waals surface area contributed by atoms with Gasteiger partial charge in [-0.15, -0.1) is 0 Å². The molecule has 0 unspecified atom stereocenters. The van der Waals surface area contributed by atoms with Crippen LogP contribution in [0.1, 0.15) is 18.7 Å². The van der Waals surface area contributed by atoms with Crippen molar-refractivity contribution >= 4 is 42.9 Å². The Hall–Kier alpha value is -2.23. The van der Waals surface area contributed by atoms with E-state index in [0.29, 0.717) is 11.0 Å². The highest BCUT2D eigenvalue weighted by Gasteiger charge is 2.14. The molecule has 0 bridgehead atoms. The molecule has 0 saturated heterocycles. The number of amides is 1. The van der Waals surface area contributed by atoms with Gasteiger partial charge in [0.2, 0.25) is 15.9 Å². The number of hydrogen-bond donors (Lipinski definition) is 3. The van der Waals surface area contributed by atoms with Crippen LogP contribution in [0.5, 0.6) is 0 Å². The van der Waals surface area contributed by atoms with Gasteiger partial charge in [0.05, 0.1) is 15.9 Å². The van der Waals surface area contributed by atoms with Crippen LogP contribution in [0.3, 0.4) is 0 Å². The lowest BCUT2D eigenvalue weighted by atomic mass is 10.3. The highest BCUT2D eigenvalue weighted by Crippen LogP contribution is 2.15. The number of aryl methyl sites for hydroxylation is 1. The van der Waals surface area contributed by atoms with Gasteiger partial charge in [-0.2, -0.15) is 0 Å². The van der Waals surface area contributed by atoms with Crippen LogP contribution in [0.15, 0.2) is 57.9 Å². The summed E-state index contributed by atoms with van der Waals surface area (Å²) in [6.45, 7) is 0.554. The Kier molecular flexibility index (Phi) is 6.82. The SMILES string of the molecule is O=C(CCNS(=O)(=O)c1cccc(Br)c1)NCCCc1nc2ccccc2[nH]1. The molecule has 0 aliphatic carbocycles. The van der Waals surface area contributed by atoms with Crippen LogP contribution < -0.4 is 10.0 Å². The smallest absolute Gasteiger partial charge is 0.240 e. The summed E-state index contributed by atoms with van der Waals surface area (Å²) in [4.78, 5) is 19.8. The van der Waals surface area contributed by atoms with Crippen LogP contribution in [0.25, 0.3) is 11.0 Å². The molecule has 7 nitrogen and oxygen atoms in total. The maximum Gasteiger partial charge on any atom is 0.240 e. The summed E-state index contributed by atoms with van der Waals surface area (Å²) in [6.07, 6.45) is 1.55. The number of carbonyl (C=O) groups excluding carboxylic acids is 1. The minimum absolute atomic E-state index is 0.0459. The zero-order valence-electron chi connectivity index (χ0n) is 15.1. The molecule has 3 rings (SSSR count). The van der Waals surface area contributed by atoms with Crippen molar-refractivity contribution in [2.75, 3.05) is 13.1 Å². The van der Waals surface area contributed by atoms with Crippen molar-refractivity contribution in [3.05, 3.63) is 58.8 Å². The number of rotatable bonds is 9. The van der Waals surface area contributed by atoms with Gasteiger partial charge in [0, 0.05) is 30.4 Å². The summed E-state index contributed by atoms with van der Waals surface area (Å²) in [5, 5.41) is 2.80. The molecule has 2 aromatic carbocycles. The Morgan fingerprint density at radius 1 is 1.11 bits per heavy atom. The average molecular weight is 465 g/mol. The molecular formula is C19H21BrN4O3S. The molecule has 0 spiro atoms. The Labute approximate surface area is 172 Å². The highest BCUT2D eigenvalue weighted by molar-refractivity contribution is 9.10. The van der Waals surface area contributed by atoms with E-state index in [4.69, 9.17) is 0 Å². The maximum absolute atomic E-state index is 12.2. The summed E-state index contributed by atoms with van der Waals surface area (Å²) in [6, 6.07) is 14.2. The number of carbonyl (C=O) groups is 1. The van der Waals surface area contributed by atoms with E-state index in [1.54, 1.807) is 12.1 Å². The number of nitrogens with zero attached hydrogens (tertiary/aromatic N) is 1. The fourth-order valence-electron chi connectivity index (χ4n) is 2.71. The number of imidazole rings is 1. The van der Waals surface area contributed by atoms with E-state index in [1.807, 2.05) is 24.3 Å². The predicted molar refractivity (Wildman–Crippen MR) is 111 cm³/mol. The number of benzene rings is 2. The third-order valence-corrected chi connectivity index (χ3v) is 6.05. The Morgan fingerprint density at radius 3 is 2.71 bits per heavy atom. The summed E-state index contributed by atoms with van der Waals surface area (Å²) in [5.74, 6) is 0.693. The van der Waals surface area contributed by atoms with E-state index >= 15 is 0 Å². The largest absolute Gasteiger partial charge is 0.356 e. The Balaban J connectivity index is 1.36. The first-order chi connectivity index (χ1) is 13.4. The zero-order chi connectivity index (χ0) is 20.0. The van der Waals surface area contributed by atoms with Crippen molar-refractivity contribution in [1.82, 2.24) is 20.0 Å². The molecule has 0 aliphatic heterocycles. The monoisotopic (exact) mass is 464 g/mol. The van der Waals surface area contributed by atoms with Crippen molar-refractivity contribution in [2.24, 2.45) is 0 Å². The lowest BCUT2D eigenvalue weighted by Gasteiger charge is -2.08. The molecule has 3 aromatic rings. The van der Waals surface area contributed by atoms with Crippen molar-refractivity contribution in [3.8, 4) is 0 Å². The minimum atomic E-state index is -3.62. The van der Waals surface area contributed by atoms with Crippen LogP contribution in [-0.4, -0.2) is 37.4 Å². The third-order valence-electron chi connectivity index (χ3n) is 4.10. The average Bonchev–Trinajstić information content (AvgIpc) is 3.08. The van der Waals surface area contributed by atoms with E-state index in [-0.39, 0.29) is 23.8 Å². The molecule has 0 atom stereocenters. The van der Waals surface area contributed by atoms with E-state index in [0.717, 1.165) is 29.7 Å². The van der Waals surface area contributed by atoms with Crippen LogP contribution in [0.2, 0.25) is 0 Å². The fraction of sp³-hybridized carbons (Fsp3) is 0.263. The summed E-state index contributed by atoms with van der Waals surface area (Å²) in [5.41, 5.74) is 1.93. The van der Waals surface area contributed by atoms with Gasteiger partial charge in [-0.25, -0.2) is 18.1 Å². The number of H-pyrrole nitrogens is 1. The Morgan fingerprint density at radius 2 is 1.93 bits per heavy atom. The number of aromatic nitrogens is 2. The van der Waals surface area contributed by atoms with Gasteiger partial charge >= 0.3 is 0 Å². The Bertz CT molecular complexity index is 1030. The predicted octanol–water partition coefficient (Wildman–Crippen LogP) is 2.74. The molecule has 0 fully saturated rings. The van der Waals surface area contributed by atoms with Gasteiger partial charge in [-0.3, -0.25) is 4.79 Å². The second-order valence-electron chi connectivity index (χ2n) is 6.26. The summed E-state index contributed by atoms with van der Waals surface area (Å²) in [7, 11) is -3.62. The topological polar surface area (TPSA) is 104 Å². The standard InChI is InChI=1S/C19H21BrN4O3S/c20-14-5-3-6-15(13-14)28(26,27)22-12-10-19(25)21-11-4-9-18-23-16-7-1-2-8-17(16)24-18/h1-3,5-8,13,22H,4,9-12H2,(H,21,25)(H,23,24). The van der Waals surface area contributed by atoms with Crippen molar-refractivity contribution in [2.45, 2.75) is 24.2 Å². The maximum atomic E-state index is 12.2. The molecule has 1 aromatic heterocycles. The van der Waals surface area contributed by atoms with Crippen LogP contribution in [0.4, 0.5) is 0 Å². The number of hydrogen-bond acceptors (Lipinski definition) is 4. The number of aromatic amines is 1. The number of nitrogens with one attached hydrogen (secondary N) is 3. The van der Waals surface area contributed by atoms with E-state index < -0.39 is 10.0 Å². The molecule has 0 saturated carbocycles. The molecule has 0 aliphatic rings. The van der Waals surface area contributed by atoms with Gasteiger partial charge in [0.15, 0.2) is 0 Å². The molecule has 3 N–H and O–H groups in total. The highest BCUT2D eigenvalue weighted by atomic mass is 79.9. The normalized spacial score (nSPS) is 11.6. The third kappa shape index (κ3) is 5.63. The van der Waals surface area contributed by atoms with Gasteiger partial charge in [0.1, 0.15) is 5.82 Å². The van der Waals surface area contributed by atoms with E-state index in [1.165, 1.54) is 12.1 Å². The van der Waals surface area contributed by atoms with Gasteiger partial charge in [-0.1, -0.05) is 34.1 Å². The summed E-state index contributed by atoms with van der Waals surface area (Å²) >= 11 is 3.24. The fourth-order valence-corrected chi connectivity index (χ4v) is 4.34. The molecule has 1 heterocycles. The van der Waals surface area contributed by atoms with Crippen molar-refractivity contribution in [1.29, 1.82) is 0 Å². The molecule has 0 radical (unpaired) electrons. The number of fused-ring (bicyclic) bond motifs is 1. The molecule has 28 heavy (non-hydrogen) atoms. The van der Waals surface area contributed by atoms with Gasteiger partial charge < -0.3 is 10.3 Å². The van der Waals surface area contributed by atoms with Gasteiger partial charge in [0.25, 0.3) is 0 Å². The van der Waals surface area contributed by atoms with Crippen LogP contribution in [-0.2, 0) is 21.2 Å². The first kappa shape index (κ1) is 20.5. The lowest BCUT2D eigenvalue weighted by molar-refractivity contribution is -0.120. The number of halogens is 1. The van der Waals surface area contributed by atoms with Crippen molar-refractivity contribution in [3.63, 3.8) is 0 Å². The first-order valence-electron chi connectivity index (χ1n) is 8.89. The number of para-hydroxylation sites is 2. The van der Waals surface area contributed by atoms with Crippen molar-refractivity contribution < 1.29 is 13.2 Å². The molecular weight excluding hydrogens is 444 g/mol. The van der Waals surface area contributed by atoms with Crippen LogP contribution in [0, 0.1) is 0 Å².